The van der Waals surface area contributed by atoms with E-state index < -0.39 is 0 Å². The van der Waals surface area contributed by atoms with Gasteiger partial charge in [-0.15, -0.1) is 0 Å². The monoisotopic (exact) mass is 304 g/mol. The van der Waals surface area contributed by atoms with Gasteiger partial charge in [-0.2, -0.15) is 0 Å². The second-order valence-electron chi connectivity index (χ2n) is 5.94. The molecule has 0 bridgehead atoms. The number of hydrogen-bond acceptors (Lipinski definition) is 4. The summed E-state index contributed by atoms with van der Waals surface area (Å²) in [6.07, 6.45) is 1.85. The molecule has 0 radical (unpaired) electrons. The molecule has 2 amide bonds. The standard InChI is InChI=1S/C16H24N4O2/c1-11-8-14(9-12(2)19-11)16(22)18-5-7-20-6-3-4-13(10-20)15(17)21/h8-9,13H,3-7,10H2,1-2H3,(H2,17,21)(H,18,22)/t13-/m1/s1. The first-order valence-electron chi connectivity index (χ1n) is 7.71. The fourth-order valence-corrected chi connectivity index (χ4v) is 2.89. The molecular weight excluding hydrogens is 280 g/mol. The highest BCUT2D eigenvalue weighted by Gasteiger charge is 2.23. The molecule has 1 aliphatic heterocycles. The first kappa shape index (κ1) is 16.4. The number of nitrogens with one attached hydrogen (secondary N) is 1. The maximum Gasteiger partial charge on any atom is 0.251 e. The van der Waals surface area contributed by atoms with Gasteiger partial charge in [0.25, 0.3) is 5.91 Å². The fourth-order valence-electron chi connectivity index (χ4n) is 2.89. The van der Waals surface area contributed by atoms with Crippen molar-refractivity contribution in [1.82, 2.24) is 15.2 Å². The average molecular weight is 304 g/mol. The number of amides is 2. The summed E-state index contributed by atoms with van der Waals surface area (Å²) in [4.78, 5) is 29.8. The number of primary amides is 1. The summed E-state index contributed by atoms with van der Waals surface area (Å²) in [5.74, 6) is -0.372. The SMILES string of the molecule is Cc1cc(C(=O)NCCN2CCC[C@@H](C(N)=O)C2)cc(C)n1. The van der Waals surface area contributed by atoms with Gasteiger partial charge in [-0.05, 0) is 45.4 Å². The Morgan fingerprint density at radius 3 is 2.68 bits per heavy atom. The summed E-state index contributed by atoms with van der Waals surface area (Å²) in [6.45, 7) is 6.69. The molecule has 120 valence electrons. The van der Waals surface area contributed by atoms with Crippen LogP contribution in [0.5, 0.6) is 0 Å². The second-order valence-corrected chi connectivity index (χ2v) is 5.94. The zero-order valence-electron chi connectivity index (χ0n) is 13.3. The molecule has 1 aromatic heterocycles. The summed E-state index contributed by atoms with van der Waals surface area (Å²) < 4.78 is 0. The Morgan fingerprint density at radius 2 is 2.05 bits per heavy atom. The second kappa shape index (κ2) is 7.35. The van der Waals surface area contributed by atoms with E-state index in [2.05, 4.69) is 15.2 Å². The van der Waals surface area contributed by atoms with Crippen LogP contribution < -0.4 is 11.1 Å². The van der Waals surface area contributed by atoms with Crippen molar-refractivity contribution in [3.8, 4) is 0 Å². The molecule has 0 spiro atoms. The number of pyridine rings is 1. The number of hydrogen-bond donors (Lipinski definition) is 2. The first-order chi connectivity index (χ1) is 10.5. The molecule has 22 heavy (non-hydrogen) atoms. The van der Waals surface area contributed by atoms with Crippen molar-refractivity contribution in [3.63, 3.8) is 0 Å². The summed E-state index contributed by atoms with van der Waals surface area (Å²) in [5.41, 5.74) is 7.68. The molecule has 0 aliphatic carbocycles. The predicted octanol–water partition coefficient (Wildman–Crippen LogP) is 0.626. The topological polar surface area (TPSA) is 88.3 Å². The van der Waals surface area contributed by atoms with E-state index in [1.807, 2.05) is 13.8 Å². The van der Waals surface area contributed by atoms with Gasteiger partial charge in [0, 0.05) is 36.6 Å². The van der Waals surface area contributed by atoms with Gasteiger partial charge in [0.15, 0.2) is 0 Å². The number of carbonyl (C=O) groups excluding carboxylic acids is 2. The van der Waals surface area contributed by atoms with Gasteiger partial charge >= 0.3 is 0 Å². The van der Waals surface area contributed by atoms with E-state index in [4.69, 9.17) is 5.73 Å². The number of aryl methyl sites for hydroxylation is 2. The molecule has 6 heteroatoms. The lowest BCUT2D eigenvalue weighted by Crippen LogP contribution is -2.44. The Morgan fingerprint density at radius 1 is 1.36 bits per heavy atom. The van der Waals surface area contributed by atoms with Gasteiger partial charge in [0.1, 0.15) is 0 Å². The van der Waals surface area contributed by atoms with Crippen LogP contribution in [-0.4, -0.2) is 47.9 Å². The third kappa shape index (κ3) is 4.53. The predicted molar refractivity (Wildman–Crippen MR) is 84.4 cm³/mol. The number of carbonyl (C=O) groups is 2. The van der Waals surface area contributed by atoms with E-state index in [1.165, 1.54) is 0 Å². The molecule has 6 nitrogen and oxygen atoms in total. The Balaban J connectivity index is 1.80. The molecular formula is C16H24N4O2. The van der Waals surface area contributed by atoms with Crippen LogP contribution in [0.25, 0.3) is 0 Å². The minimum atomic E-state index is -0.225. The number of nitrogens with zero attached hydrogens (tertiary/aromatic N) is 2. The molecule has 0 saturated carbocycles. The van der Waals surface area contributed by atoms with Gasteiger partial charge in [0.05, 0.1) is 5.92 Å². The Kier molecular flexibility index (Phi) is 5.49. The van der Waals surface area contributed by atoms with Crippen LogP contribution in [-0.2, 0) is 4.79 Å². The molecule has 0 unspecified atom stereocenters. The zero-order chi connectivity index (χ0) is 16.1. The van der Waals surface area contributed by atoms with E-state index in [1.54, 1.807) is 12.1 Å². The minimum Gasteiger partial charge on any atom is -0.369 e. The number of nitrogens with two attached hydrogens (primary N) is 1. The summed E-state index contributed by atoms with van der Waals surface area (Å²) in [7, 11) is 0. The lowest BCUT2D eigenvalue weighted by Gasteiger charge is -2.31. The smallest absolute Gasteiger partial charge is 0.251 e. The van der Waals surface area contributed by atoms with Crippen LogP contribution in [0, 0.1) is 19.8 Å². The van der Waals surface area contributed by atoms with E-state index in [-0.39, 0.29) is 17.7 Å². The van der Waals surface area contributed by atoms with Gasteiger partial charge < -0.3 is 16.0 Å². The number of likely N-dealkylation sites (tertiary alicyclic amines) is 1. The van der Waals surface area contributed by atoms with Crippen molar-refractivity contribution in [2.75, 3.05) is 26.2 Å². The van der Waals surface area contributed by atoms with Gasteiger partial charge in [-0.1, -0.05) is 0 Å². The Labute approximate surface area is 131 Å². The van der Waals surface area contributed by atoms with Crippen molar-refractivity contribution in [2.45, 2.75) is 26.7 Å². The van der Waals surface area contributed by atoms with Gasteiger partial charge in [-0.3, -0.25) is 14.6 Å². The van der Waals surface area contributed by atoms with E-state index in [9.17, 15) is 9.59 Å². The number of aromatic nitrogens is 1. The van der Waals surface area contributed by atoms with Crippen molar-refractivity contribution < 1.29 is 9.59 Å². The number of piperidine rings is 1. The number of rotatable bonds is 5. The normalized spacial score (nSPS) is 18.9. The van der Waals surface area contributed by atoms with Crippen molar-refractivity contribution in [1.29, 1.82) is 0 Å². The summed E-state index contributed by atoms with van der Waals surface area (Å²) in [5, 5.41) is 2.92. The maximum absolute atomic E-state index is 12.1. The first-order valence-corrected chi connectivity index (χ1v) is 7.71. The zero-order valence-corrected chi connectivity index (χ0v) is 13.3. The highest BCUT2D eigenvalue weighted by atomic mass is 16.2. The molecule has 1 saturated heterocycles. The highest BCUT2D eigenvalue weighted by molar-refractivity contribution is 5.94. The van der Waals surface area contributed by atoms with E-state index in [0.29, 0.717) is 18.7 Å². The van der Waals surface area contributed by atoms with Crippen LogP contribution in [0.3, 0.4) is 0 Å². The fraction of sp³-hybridized carbons (Fsp3) is 0.562. The third-order valence-electron chi connectivity index (χ3n) is 3.97. The largest absolute Gasteiger partial charge is 0.369 e. The molecule has 1 aliphatic rings. The molecule has 1 fully saturated rings. The Bertz CT molecular complexity index is 539. The molecule has 3 N–H and O–H groups in total. The van der Waals surface area contributed by atoms with Crippen molar-refractivity contribution in [3.05, 3.63) is 29.1 Å². The lowest BCUT2D eigenvalue weighted by atomic mass is 9.97. The summed E-state index contributed by atoms with van der Waals surface area (Å²) in [6, 6.07) is 3.57. The van der Waals surface area contributed by atoms with E-state index >= 15 is 0 Å². The van der Waals surface area contributed by atoms with Crippen molar-refractivity contribution in [2.24, 2.45) is 11.7 Å². The van der Waals surface area contributed by atoms with Crippen LogP contribution in [0.1, 0.15) is 34.6 Å². The molecule has 2 rings (SSSR count). The summed E-state index contributed by atoms with van der Waals surface area (Å²) >= 11 is 0. The molecule has 1 atom stereocenters. The van der Waals surface area contributed by atoms with Crippen LogP contribution in [0.2, 0.25) is 0 Å². The Hall–Kier alpha value is -1.95. The third-order valence-corrected chi connectivity index (χ3v) is 3.97. The molecule has 0 aromatic carbocycles. The maximum atomic E-state index is 12.1. The van der Waals surface area contributed by atoms with Crippen LogP contribution >= 0.6 is 0 Å². The molecule has 2 heterocycles. The van der Waals surface area contributed by atoms with Crippen molar-refractivity contribution >= 4 is 11.8 Å². The lowest BCUT2D eigenvalue weighted by molar-refractivity contribution is -0.123. The average Bonchev–Trinajstić information content (AvgIpc) is 2.46. The van der Waals surface area contributed by atoms with Gasteiger partial charge in [0.2, 0.25) is 5.91 Å². The highest BCUT2D eigenvalue weighted by Crippen LogP contribution is 2.15. The minimum absolute atomic E-state index is 0.0602. The van der Waals surface area contributed by atoms with E-state index in [0.717, 1.165) is 37.3 Å². The quantitative estimate of drug-likeness (QED) is 0.835. The van der Waals surface area contributed by atoms with Crippen LogP contribution in [0.15, 0.2) is 12.1 Å². The van der Waals surface area contributed by atoms with Crippen LogP contribution in [0.4, 0.5) is 0 Å². The van der Waals surface area contributed by atoms with Gasteiger partial charge in [-0.25, -0.2) is 0 Å². The molecule has 1 aromatic rings.